The summed E-state index contributed by atoms with van der Waals surface area (Å²) in [5.74, 6) is 2.21. The maximum Gasteiger partial charge on any atom is 0.191 e. The van der Waals surface area contributed by atoms with Crippen molar-refractivity contribution in [3.05, 3.63) is 23.8 Å². The predicted molar refractivity (Wildman–Crippen MR) is 92.0 cm³/mol. The van der Waals surface area contributed by atoms with Crippen LogP contribution in [0.2, 0.25) is 0 Å². The first-order chi connectivity index (χ1) is 11.2. The van der Waals surface area contributed by atoms with Crippen LogP contribution in [0, 0.1) is 0 Å². The van der Waals surface area contributed by atoms with Gasteiger partial charge in [-0.25, -0.2) is 4.99 Å². The number of rotatable bonds is 6. The SMILES string of the molecule is COc1cc(CN=C(N)N(C)C2CC2)ccc1OC1CCCC1. The highest BCUT2D eigenvalue weighted by Crippen LogP contribution is 2.32. The molecule has 2 N–H and O–H groups in total. The van der Waals surface area contributed by atoms with E-state index in [0.717, 1.165) is 29.9 Å². The van der Waals surface area contributed by atoms with Crippen molar-refractivity contribution in [2.75, 3.05) is 14.2 Å². The lowest BCUT2D eigenvalue weighted by Gasteiger charge is -2.18. The number of nitrogens with two attached hydrogens (primary N) is 1. The molecule has 0 radical (unpaired) electrons. The van der Waals surface area contributed by atoms with Crippen molar-refractivity contribution in [1.82, 2.24) is 4.90 Å². The van der Waals surface area contributed by atoms with Crippen LogP contribution in [0.5, 0.6) is 11.5 Å². The third-order valence-corrected chi connectivity index (χ3v) is 4.70. The molecule has 0 aromatic heterocycles. The Kier molecular flexibility index (Phi) is 4.94. The minimum absolute atomic E-state index is 0.329. The molecular formula is C18H27N3O2. The fourth-order valence-electron chi connectivity index (χ4n) is 3.03. The summed E-state index contributed by atoms with van der Waals surface area (Å²) in [5.41, 5.74) is 7.11. The van der Waals surface area contributed by atoms with Crippen molar-refractivity contribution in [2.24, 2.45) is 10.7 Å². The summed E-state index contributed by atoms with van der Waals surface area (Å²) in [5, 5.41) is 0. The van der Waals surface area contributed by atoms with Crippen molar-refractivity contribution in [1.29, 1.82) is 0 Å². The summed E-state index contributed by atoms with van der Waals surface area (Å²) < 4.78 is 11.5. The molecule has 1 aromatic carbocycles. The average molecular weight is 317 g/mol. The molecule has 5 nitrogen and oxygen atoms in total. The summed E-state index contributed by atoms with van der Waals surface area (Å²) in [4.78, 5) is 6.55. The number of benzene rings is 1. The Balaban J connectivity index is 1.64. The molecule has 23 heavy (non-hydrogen) atoms. The maximum atomic E-state index is 6.06. The topological polar surface area (TPSA) is 60.1 Å². The van der Waals surface area contributed by atoms with Gasteiger partial charge in [0.15, 0.2) is 17.5 Å². The van der Waals surface area contributed by atoms with Gasteiger partial charge in [-0.2, -0.15) is 0 Å². The van der Waals surface area contributed by atoms with E-state index in [1.165, 1.54) is 25.7 Å². The molecule has 0 atom stereocenters. The van der Waals surface area contributed by atoms with E-state index in [0.29, 0.717) is 24.7 Å². The Morgan fingerprint density at radius 2 is 1.96 bits per heavy atom. The Hall–Kier alpha value is -1.91. The average Bonchev–Trinajstić information content (AvgIpc) is 3.30. The van der Waals surface area contributed by atoms with Crippen molar-refractivity contribution in [3.63, 3.8) is 0 Å². The third-order valence-electron chi connectivity index (χ3n) is 4.70. The van der Waals surface area contributed by atoms with Gasteiger partial charge in [-0.15, -0.1) is 0 Å². The van der Waals surface area contributed by atoms with E-state index in [9.17, 15) is 0 Å². The zero-order chi connectivity index (χ0) is 16.2. The van der Waals surface area contributed by atoms with Gasteiger partial charge < -0.3 is 20.1 Å². The fraction of sp³-hybridized carbons (Fsp3) is 0.611. The van der Waals surface area contributed by atoms with Gasteiger partial charge >= 0.3 is 0 Å². The quantitative estimate of drug-likeness (QED) is 0.647. The summed E-state index contributed by atoms with van der Waals surface area (Å²) in [7, 11) is 3.69. The molecule has 2 aliphatic carbocycles. The molecule has 2 aliphatic rings. The number of methoxy groups -OCH3 is 1. The van der Waals surface area contributed by atoms with E-state index in [1.807, 2.05) is 25.2 Å². The van der Waals surface area contributed by atoms with Crippen LogP contribution in [0.15, 0.2) is 23.2 Å². The highest BCUT2D eigenvalue weighted by molar-refractivity contribution is 5.78. The summed E-state index contributed by atoms with van der Waals surface area (Å²) >= 11 is 0. The van der Waals surface area contributed by atoms with Gasteiger partial charge in [0.2, 0.25) is 0 Å². The Morgan fingerprint density at radius 3 is 2.61 bits per heavy atom. The highest BCUT2D eigenvalue weighted by Gasteiger charge is 2.27. The Bertz CT molecular complexity index is 563. The van der Waals surface area contributed by atoms with Crippen LogP contribution in [0.4, 0.5) is 0 Å². The van der Waals surface area contributed by atoms with Gasteiger partial charge in [0.1, 0.15) is 0 Å². The summed E-state index contributed by atoms with van der Waals surface area (Å²) in [6, 6.07) is 6.61. The van der Waals surface area contributed by atoms with Gasteiger partial charge in [-0.1, -0.05) is 6.07 Å². The number of hydrogen-bond acceptors (Lipinski definition) is 3. The zero-order valence-corrected chi connectivity index (χ0v) is 14.1. The van der Waals surface area contributed by atoms with Gasteiger partial charge in [0.25, 0.3) is 0 Å². The van der Waals surface area contributed by atoms with E-state index in [2.05, 4.69) is 9.89 Å². The first-order valence-electron chi connectivity index (χ1n) is 8.53. The normalized spacial score (nSPS) is 19.0. The molecule has 2 fully saturated rings. The molecule has 0 aliphatic heterocycles. The largest absolute Gasteiger partial charge is 0.493 e. The second-order valence-electron chi connectivity index (χ2n) is 6.53. The molecule has 0 saturated heterocycles. The molecule has 0 heterocycles. The van der Waals surface area contributed by atoms with Crippen molar-refractivity contribution < 1.29 is 9.47 Å². The monoisotopic (exact) mass is 317 g/mol. The smallest absolute Gasteiger partial charge is 0.191 e. The van der Waals surface area contributed by atoms with Gasteiger partial charge in [-0.05, 0) is 56.2 Å². The van der Waals surface area contributed by atoms with E-state index in [-0.39, 0.29) is 0 Å². The maximum absolute atomic E-state index is 6.06. The minimum Gasteiger partial charge on any atom is -0.493 e. The molecule has 0 bridgehead atoms. The standard InChI is InChI=1S/C18H27N3O2/c1-21(14-8-9-14)18(19)20-12-13-7-10-16(17(11-13)22-2)23-15-5-3-4-6-15/h7,10-11,14-15H,3-6,8-9,12H2,1-2H3,(H2,19,20). The lowest BCUT2D eigenvalue weighted by atomic mass is 10.2. The summed E-state index contributed by atoms with van der Waals surface area (Å²) in [6.07, 6.45) is 7.55. The lowest BCUT2D eigenvalue weighted by molar-refractivity contribution is 0.200. The number of hydrogen-bond donors (Lipinski definition) is 1. The predicted octanol–water partition coefficient (Wildman–Crippen LogP) is 2.93. The van der Waals surface area contributed by atoms with Crippen molar-refractivity contribution in [2.45, 2.75) is 57.2 Å². The van der Waals surface area contributed by atoms with E-state index in [1.54, 1.807) is 7.11 Å². The molecule has 0 spiro atoms. The van der Waals surface area contributed by atoms with Gasteiger partial charge in [-0.3, -0.25) is 0 Å². The molecule has 0 amide bonds. The first kappa shape index (κ1) is 16.0. The van der Waals surface area contributed by atoms with Crippen LogP contribution in [0.1, 0.15) is 44.1 Å². The van der Waals surface area contributed by atoms with Crippen LogP contribution >= 0.6 is 0 Å². The van der Waals surface area contributed by atoms with E-state index in [4.69, 9.17) is 15.2 Å². The van der Waals surface area contributed by atoms with Crippen LogP contribution in [0.25, 0.3) is 0 Å². The third kappa shape index (κ3) is 4.09. The fourth-order valence-corrected chi connectivity index (χ4v) is 3.03. The Labute approximate surface area is 138 Å². The second kappa shape index (κ2) is 7.11. The molecule has 5 heteroatoms. The number of ether oxygens (including phenoxy) is 2. The van der Waals surface area contributed by atoms with Gasteiger partial charge in [0, 0.05) is 13.1 Å². The lowest BCUT2D eigenvalue weighted by Crippen LogP contribution is -2.35. The molecule has 0 unspecified atom stereocenters. The first-order valence-corrected chi connectivity index (χ1v) is 8.53. The summed E-state index contributed by atoms with van der Waals surface area (Å²) in [6.45, 7) is 0.558. The zero-order valence-electron chi connectivity index (χ0n) is 14.1. The van der Waals surface area contributed by atoms with Gasteiger partial charge in [0.05, 0.1) is 19.8 Å². The molecule has 3 rings (SSSR count). The van der Waals surface area contributed by atoms with Crippen molar-refractivity contribution >= 4 is 5.96 Å². The molecular weight excluding hydrogens is 290 g/mol. The minimum atomic E-state index is 0.329. The second-order valence-corrected chi connectivity index (χ2v) is 6.53. The molecule has 1 aromatic rings. The molecule has 126 valence electrons. The van der Waals surface area contributed by atoms with Crippen LogP contribution in [-0.2, 0) is 6.54 Å². The number of guanidine groups is 1. The van der Waals surface area contributed by atoms with Crippen LogP contribution < -0.4 is 15.2 Å². The highest BCUT2D eigenvalue weighted by atomic mass is 16.5. The van der Waals surface area contributed by atoms with Crippen LogP contribution in [-0.4, -0.2) is 37.2 Å². The van der Waals surface area contributed by atoms with E-state index < -0.39 is 0 Å². The number of aliphatic imine (C=N–C) groups is 1. The Morgan fingerprint density at radius 1 is 1.22 bits per heavy atom. The van der Waals surface area contributed by atoms with E-state index >= 15 is 0 Å². The number of nitrogens with zero attached hydrogens (tertiary/aromatic N) is 2. The van der Waals surface area contributed by atoms with Crippen LogP contribution in [0.3, 0.4) is 0 Å². The molecule has 2 saturated carbocycles. The van der Waals surface area contributed by atoms with Crippen molar-refractivity contribution in [3.8, 4) is 11.5 Å².